The molecule has 0 aromatic carbocycles. The summed E-state index contributed by atoms with van der Waals surface area (Å²) in [5.74, 6) is 0.153. The molecular formula is C13H19BrN2OS. The molecule has 1 aliphatic carbocycles. The lowest BCUT2D eigenvalue weighted by Crippen LogP contribution is -2.44. The summed E-state index contributed by atoms with van der Waals surface area (Å²) in [4.78, 5) is 14.5. The molecule has 0 aliphatic heterocycles. The highest BCUT2D eigenvalue weighted by Crippen LogP contribution is 2.26. The molecule has 5 heteroatoms. The number of amides is 1. The molecule has 1 amide bonds. The Balaban J connectivity index is 2.06. The van der Waals surface area contributed by atoms with E-state index in [9.17, 15) is 4.79 Å². The minimum atomic E-state index is 0.153. The van der Waals surface area contributed by atoms with Crippen molar-refractivity contribution in [3.8, 4) is 0 Å². The van der Waals surface area contributed by atoms with E-state index >= 15 is 0 Å². The van der Waals surface area contributed by atoms with Crippen LogP contribution in [-0.4, -0.2) is 29.4 Å². The van der Waals surface area contributed by atoms with Gasteiger partial charge in [-0.15, -0.1) is 11.3 Å². The SMILES string of the molecule is CCN(C(=O)c1csc(Br)c1)C1CCC(N)CC1. The highest BCUT2D eigenvalue weighted by Gasteiger charge is 2.27. The van der Waals surface area contributed by atoms with E-state index in [2.05, 4.69) is 15.9 Å². The van der Waals surface area contributed by atoms with Crippen LogP contribution in [0.4, 0.5) is 0 Å². The van der Waals surface area contributed by atoms with Crippen LogP contribution in [-0.2, 0) is 0 Å². The first kappa shape index (κ1) is 14.0. The molecule has 1 aliphatic rings. The molecule has 0 radical (unpaired) electrons. The van der Waals surface area contributed by atoms with Crippen molar-refractivity contribution < 1.29 is 4.79 Å². The fourth-order valence-corrected chi connectivity index (χ4v) is 3.70. The number of hydrogen-bond donors (Lipinski definition) is 1. The lowest BCUT2D eigenvalue weighted by molar-refractivity contribution is 0.0641. The van der Waals surface area contributed by atoms with Crippen LogP contribution in [0, 0.1) is 0 Å². The fraction of sp³-hybridized carbons (Fsp3) is 0.615. The number of hydrogen-bond acceptors (Lipinski definition) is 3. The molecule has 2 rings (SSSR count). The molecule has 0 bridgehead atoms. The zero-order valence-corrected chi connectivity index (χ0v) is 13.0. The summed E-state index contributed by atoms with van der Waals surface area (Å²) in [6, 6.07) is 2.59. The Kier molecular flexibility index (Phi) is 4.81. The average Bonchev–Trinajstić information content (AvgIpc) is 2.79. The van der Waals surface area contributed by atoms with Crippen molar-refractivity contribution >= 4 is 33.2 Å². The third-order valence-electron chi connectivity index (χ3n) is 3.60. The third-order valence-corrected chi connectivity index (χ3v) is 5.10. The first-order valence-electron chi connectivity index (χ1n) is 6.42. The van der Waals surface area contributed by atoms with Gasteiger partial charge < -0.3 is 10.6 Å². The summed E-state index contributed by atoms with van der Waals surface area (Å²) < 4.78 is 1.01. The van der Waals surface area contributed by atoms with Gasteiger partial charge in [0.25, 0.3) is 5.91 Å². The molecule has 1 fully saturated rings. The smallest absolute Gasteiger partial charge is 0.254 e. The van der Waals surface area contributed by atoms with E-state index in [0.29, 0.717) is 12.1 Å². The molecule has 100 valence electrons. The molecule has 0 spiro atoms. The standard InChI is InChI=1S/C13H19BrN2OS/c1-2-16(11-5-3-10(15)4-6-11)13(17)9-7-12(14)18-8-9/h7-8,10-11H,2-6,15H2,1H3. The van der Waals surface area contributed by atoms with Crippen LogP contribution in [0.25, 0.3) is 0 Å². The largest absolute Gasteiger partial charge is 0.336 e. The van der Waals surface area contributed by atoms with Gasteiger partial charge in [-0.1, -0.05) is 0 Å². The van der Waals surface area contributed by atoms with Crippen molar-refractivity contribution in [2.75, 3.05) is 6.54 Å². The molecule has 1 aromatic rings. The van der Waals surface area contributed by atoms with Gasteiger partial charge in [-0.05, 0) is 54.6 Å². The summed E-state index contributed by atoms with van der Waals surface area (Å²) in [6.45, 7) is 2.82. The topological polar surface area (TPSA) is 46.3 Å². The second-order valence-electron chi connectivity index (χ2n) is 4.80. The molecule has 1 heterocycles. The molecule has 1 saturated carbocycles. The minimum Gasteiger partial charge on any atom is -0.336 e. The van der Waals surface area contributed by atoms with Gasteiger partial charge >= 0.3 is 0 Å². The summed E-state index contributed by atoms with van der Waals surface area (Å²) in [5.41, 5.74) is 6.72. The Hall–Kier alpha value is -0.390. The maximum atomic E-state index is 12.5. The van der Waals surface area contributed by atoms with E-state index in [1.807, 2.05) is 23.3 Å². The number of thiophene rings is 1. The molecule has 0 unspecified atom stereocenters. The number of rotatable bonds is 3. The Morgan fingerprint density at radius 2 is 2.17 bits per heavy atom. The molecular weight excluding hydrogens is 312 g/mol. The number of halogens is 1. The second-order valence-corrected chi connectivity index (χ2v) is 7.09. The molecule has 3 nitrogen and oxygen atoms in total. The molecule has 0 atom stereocenters. The summed E-state index contributed by atoms with van der Waals surface area (Å²) in [5, 5.41) is 1.92. The van der Waals surface area contributed by atoms with Gasteiger partial charge in [0, 0.05) is 24.0 Å². The average molecular weight is 331 g/mol. The van der Waals surface area contributed by atoms with E-state index in [1.54, 1.807) is 11.3 Å². The van der Waals surface area contributed by atoms with Crippen molar-refractivity contribution in [2.24, 2.45) is 5.73 Å². The Bertz CT molecular complexity index is 413. The van der Waals surface area contributed by atoms with Gasteiger partial charge in [0.05, 0.1) is 9.35 Å². The molecule has 18 heavy (non-hydrogen) atoms. The van der Waals surface area contributed by atoms with Crippen molar-refractivity contribution in [1.82, 2.24) is 4.90 Å². The van der Waals surface area contributed by atoms with E-state index in [-0.39, 0.29) is 5.91 Å². The van der Waals surface area contributed by atoms with Crippen molar-refractivity contribution in [2.45, 2.75) is 44.7 Å². The minimum absolute atomic E-state index is 0.153. The number of nitrogens with two attached hydrogens (primary N) is 1. The highest BCUT2D eigenvalue weighted by atomic mass is 79.9. The monoisotopic (exact) mass is 330 g/mol. The van der Waals surface area contributed by atoms with Crippen molar-refractivity contribution in [3.63, 3.8) is 0 Å². The Morgan fingerprint density at radius 1 is 1.50 bits per heavy atom. The summed E-state index contributed by atoms with van der Waals surface area (Å²) in [7, 11) is 0. The van der Waals surface area contributed by atoms with Crippen LogP contribution in [0.3, 0.4) is 0 Å². The van der Waals surface area contributed by atoms with Gasteiger partial charge in [-0.25, -0.2) is 0 Å². The Morgan fingerprint density at radius 3 is 2.67 bits per heavy atom. The molecule has 2 N–H and O–H groups in total. The van der Waals surface area contributed by atoms with Crippen LogP contribution in [0.5, 0.6) is 0 Å². The van der Waals surface area contributed by atoms with Crippen LogP contribution < -0.4 is 5.73 Å². The van der Waals surface area contributed by atoms with E-state index in [1.165, 1.54) is 0 Å². The van der Waals surface area contributed by atoms with Crippen LogP contribution in [0.2, 0.25) is 0 Å². The van der Waals surface area contributed by atoms with E-state index in [4.69, 9.17) is 5.73 Å². The van der Waals surface area contributed by atoms with Crippen molar-refractivity contribution in [3.05, 3.63) is 20.8 Å². The zero-order valence-electron chi connectivity index (χ0n) is 10.6. The third kappa shape index (κ3) is 3.13. The first-order valence-corrected chi connectivity index (χ1v) is 8.09. The fourth-order valence-electron chi connectivity index (χ4n) is 2.57. The lowest BCUT2D eigenvalue weighted by Gasteiger charge is -2.35. The molecule has 0 saturated heterocycles. The maximum Gasteiger partial charge on any atom is 0.254 e. The van der Waals surface area contributed by atoms with E-state index in [0.717, 1.165) is 41.6 Å². The van der Waals surface area contributed by atoms with Gasteiger partial charge in [0.15, 0.2) is 0 Å². The predicted molar refractivity (Wildman–Crippen MR) is 79.0 cm³/mol. The van der Waals surface area contributed by atoms with Crippen molar-refractivity contribution in [1.29, 1.82) is 0 Å². The normalized spacial score (nSPS) is 23.9. The van der Waals surface area contributed by atoms with Crippen LogP contribution in [0.15, 0.2) is 15.2 Å². The second kappa shape index (κ2) is 6.17. The van der Waals surface area contributed by atoms with Crippen LogP contribution in [0.1, 0.15) is 43.0 Å². The summed E-state index contributed by atoms with van der Waals surface area (Å²) in [6.07, 6.45) is 4.13. The van der Waals surface area contributed by atoms with Gasteiger partial charge in [0.2, 0.25) is 0 Å². The predicted octanol–water partition coefficient (Wildman–Crippen LogP) is 3.24. The Labute approximate surface area is 120 Å². The van der Waals surface area contributed by atoms with Gasteiger partial charge in [0.1, 0.15) is 0 Å². The van der Waals surface area contributed by atoms with Crippen LogP contribution >= 0.6 is 27.3 Å². The maximum absolute atomic E-state index is 12.5. The van der Waals surface area contributed by atoms with Gasteiger partial charge in [-0.2, -0.15) is 0 Å². The number of carbonyl (C=O) groups is 1. The first-order chi connectivity index (χ1) is 8.61. The quantitative estimate of drug-likeness (QED) is 0.924. The zero-order chi connectivity index (χ0) is 13.1. The summed E-state index contributed by atoms with van der Waals surface area (Å²) >= 11 is 4.96. The molecule has 1 aromatic heterocycles. The number of carbonyl (C=O) groups excluding carboxylic acids is 1. The number of nitrogens with zero attached hydrogens (tertiary/aromatic N) is 1. The lowest BCUT2D eigenvalue weighted by atomic mass is 9.90. The highest BCUT2D eigenvalue weighted by molar-refractivity contribution is 9.11. The van der Waals surface area contributed by atoms with Gasteiger partial charge in [-0.3, -0.25) is 4.79 Å². The van der Waals surface area contributed by atoms with E-state index < -0.39 is 0 Å².